The molecule has 1 saturated heterocycles. The van der Waals surface area contributed by atoms with Crippen molar-refractivity contribution in [3.8, 4) is 17.2 Å². The van der Waals surface area contributed by atoms with E-state index in [1.807, 2.05) is 50.2 Å². The van der Waals surface area contributed by atoms with Gasteiger partial charge in [-0.15, -0.1) is 10.2 Å². The second-order valence-electron chi connectivity index (χ2n) is 11.1. The number of anilines is 1. The van der Waals surface area contributed by atoms with Crippen molar-refractivity contribution < 1.29 is 28.9 Å². The third-order valence-electron chi connectivity index (χ3n) is 7.76. The third kappa shape index (κ3) is 6.47. The van der Waals surface area contributed by atoms with E-state index in [1.54, 1.807) is 30.3 Å². The fourth-order valence-electron chi connectivity index (χ4n) is 5.56. The van der Waals surface area contributed by atoms with Gasteiger partial charge in [-0.2, -0.15) is 0 Å². The van der Waals surface area contributed by atoms with Crippen molar-refractivity contribution in [2.75, 3.05) is 18.1 Å². The lowest BCUT2D eigenvalue weighted by atomic mass is 9.94. The Balaban J connectivity index is 1.42. The number of benzene rings is 3. The summed E-state index contributed by atoms with van der Waals surface area (Å²) >= 11 is 2.73. The molecule has 0 bridgehead atoms. The van der Waals surface area contributed by atoms with Crippen LogP contribution in [0.4, 0.5) is 5.13 Å². The van der Waals surface area contributed by atoms with Gasteiger partial charge in [-0.1, -0.05) is 72.8 Å². The first-order valence-corrected chi connectivity index (χ1v) is 17.2. The predicted molar refractivity (Wildman–Crippen MR) is 179 cm³/mol. The smallest absolute Gasteiger partial charge is 0.301 e. The summed E-state index contributed by atoms with van der Waals surface area (Å²) < 4.78 is 18.4. The van der Waals surface area contributed by atoms with Crippen molar-refractivity contribution in [3.63, 3.8) is 0 Å². The molecule has 0 unspecified atom stereocenters. The molecule has 6 rings (SSSR count). The lowest BCUT2D eigenvalue weighted by Crippen LogP contribution is -2.29. The van der Waals surface area contributed by atoms with Crippen LogP contribution in [0, 0.1) is 0 Å². The number of thioether (sulfide) groups is 1. The number of aliphatic hydroxyl groups is 1. The molecule has 11 heteroatoms. The Morgan fingerprint density at radius 1 is 1.04 bits per heavy atom. The van der Waals surface area contributed by atoms with Gasteiger partial charge in [0, 0.05) is 17.7 Å². The SMILES string of the molecule is CCCCOc1ccc([C@H]2C(=C(O)c3ccc4c(c3)C[C@@H](C)O4)C(=O)C(=O)N2c2nnc(SCc3ccccc3)s2)cc1OCC. The van der Waals surface area contributed by atoms with E-state index < -0.39 is 17.7 Å². The second-order valence-corrected chi connectivity index (χ2v) is 13.3. The first-order chi connectivity index (χ1) is 22.4. The normalized spacial score (nSPS) is 18.5. The van der Waals surface area contributed by atoms with Crippen LogP contribution in [-0.4, -0.2) is 46.3 Å². The van der Waals surface area contributed by atoms with E-state index in [9.17, 15) is 14.7 Å². The fraction of sp³-hybridized carbons (Fsp3) is 0.314. The van der Waals surface area contributed by atoms with Crippen molar-refractivity contribution >= 4 is 45.7 Å². The van der Waals surface area contributed by atoms with Gasteiger partial charge < -0.3 is 19.3 Å². The number of carbonyl (C=O) groups is 2. The van der Waals surface area contributed by atoms with Crippen molar-refractivity contribution in [2.24, 2.45) is 0 Å². The summed E-state index contributed by atoms with van der Waals surface area (Å²) in [4.78, 5) is 28.9. The number of ketones is 1. The molecular weight excluding hydrogens is 623 g/mol. The minimum Gasteiger partial charge on any atom is -0.507 e. The van der Waals surface area contributed by atoms with Crippen LogP contribution in [0.3, 0.4) is 0 Å². The molecule has 4 aromatic rings. The largest absolute Gasteiger partial charge is 0.507 e. The molecule has 1 amide bonds. The molecule has 2 atom stereocenters. The van der Waals surface area contributed by atoms with Crippen LogP contribution in [-0.2, 0) is 21.8 Å². The Hall–Kier alpha value is -4.35. The molecule has 0 aliphatic carbocycles. The maximum absolute atomic E-state index is 13.8. The molecule has 1 N–H and O–H groups in total. The Morgan fingerprint density at radius 3 is 2.65 bits per heavy atom. The number of fused-ring (bicyclic) bond motifs is 1. The van der Waals surface area contributed by atoms with Crippen LogP contribution in [0.2, 0.25) is 0 Å². The van der Waals surface area contributed by atoms with Crippen LogP contribution in [0.15, 0.2) is 76.6 Å². The number of ether oxygens (including phenoxy) is 3. The van der Waals surface area contributed by atoms with E-state index in [0.717, 1.165) is 29.7 Å². The zero-order valence-electron chi connectivity index (χ0n) is 25.9. The molecule has 46 heavy (non-hydrogen) atoms. The Kier molecular flexibility index (Phi) is 9.60. The molecule has 3 aromatic carbocycles. The summed E-state index contributed by atoms with van der Waals surface area (Å²) in [6.45, 7) is 6.87. The zero-order chi connectivity index (χ0) is 32.2. The Labute approximate surface area is 276 Å². The summed E-state index contributed by atoms with van der Waals surface area (Å²) in [5.41, 5.74) is 3.02. The van der Waals surface area contributed by atoms with E-state index in [1.165, 1.54) is 28.0 Å². The molecule has 1 aromatic heterocycles. The zero-order valence-corrected chi connectivity index (χ0v) is 27.5. The van der Waals surface area contributed by atoms with Gasteiger partial charge in [0.15, 0.2) is 15.8 Å². The molecule has 1 fully saturated rings. The minimum atomic E-state index is -0.979. The monoisotopic (exact) mass is 657 g/mol. The number of hydrogen-bond donors (Lipinski definition) is 1. The molecular formula is C35H35N3O6S2. The highest BCUT2D eigenvalue weighted by atomic mass is 32.2. The number of carbonyl (C=O) groups excluding carboxylic acids is 2. The van der Waals surface area contributed by atoms with Crippen molar-refractivity contribution in [2.45, 2.75) is 62.3 Å². The average molecular weight is 658 g/mol. The van der Waals surface area contributed by atoms with Gasteiger partial charge in [-0.3, -0.25) is 14.5 Å². The van der Waals surface area contributed by atoms with E-state index in [2.05, 4.69) is 17.1 Å². The number of nitrogens with zero attached hydrogens (tertiary/aromatic N) is 3. The minimum absolute atomic E-state index is 0.0133. The number of hydrogen-bond acceptors (Lipinski definition) is 10. The highest BCUT2D eigenvalue weighted by Crippen LogP contribution is 2.46. The number of unbranched alkanes of at least 4 members (excludes halogenated alkanes) is 1. The molecule has 9 nitrogen and oxygen atoms in total. The first-order valence-electron chi connectivity index (χ1n) is 15.4. The van der Waals surface area contributed by atoms with E-state index in [-0.39, 0.29) is 22.6 Å². The predicted octanol–water partition coefficient (Wildman–Crippen LogP) is 7.36. The maximum atomic E-state index is 13.8. The number of aliphatic hydroxyl groups excluding tert-OH is 1. The first kappa shape index (κ1) is 31.6. The van der Waals surface area contributed by atoms with Gasteiger partial charge in [0.1, 0.15) is 17.6 Å². The third-order valence-corrected chi connectivity index (χ3v) is 9.89. The number of aromatic nitrogens is 2. The van der Waals surface area contributed by atoms with Crippen LogP contribution in [0.1, 0.15) is 61.9 Å². The quantitative estimate of drug-likeness (QED) is 0.0417. The summed E-state index contributed by atoms with van der Waals surface area (Å²) in [7, 11) is 0. The standard InChI is InChI=1S/C35H35N3O6S2/c1-4-6-16-43-27-15-12-23(19-28(27)42-5-2)30-29(31(39)24-13-14-26-25(18-24)17-21(3)44-26)32(40)33(41)38(30)34-36-37-35(46-34)45-20-22-10-8-7-9-11-22/h7-15,18-19,21,30,39H,4-6,16-17,20H2,1-3H3/t21-,30+/m1/s1. The van der Waals surface area contributed by atoms with Gasteiger partial charge in [0.25, 0.3) is 5.78 Å². The van der Waals surface area contributed by atoms with Gasteiger partial charge in [-0.05, 0) is 67.3 Å². The van der Waals surface area contributed by atoms with Gasteiger partial charge >= 0.3 is 5.91 Å². The lowest BCUT2D eigenvalue weighted by Gasteiger charge is -2.23. The van der Waals surface area contributed by atoms with Gasteiger partial charge in [0.2, 0.25) is 5.13 Å². The van der Waals surface area contributed by atoms with E-state index in [0.29, 0.717) is 52.4 Å². The van der Waals surface area contributed by atoms with E-state index in [4.69, 9.17) is 14.2 Å². The topological polar surface area (TPSA) is 111 Å². The number of rotatable bonds is 12. The molecule has 0 spiro atoms. The van der Waals surface area contributed by atoms with Crippen molar-refractivity contribution in [3.05, 3.63) is 94.6 Å². The molecule has 2 aliphatic rings. The molecule has 2 aliphatic heterocycles. The Bertz CT molecular complexity index is 1770. The van der Waals surface area contributed by atoms with Crippen LogP contribution in [0.5, 0.6) is 17.2 Å². The molecule has 3 heterocycles. The van der Waals surface area contributed by atoms with Crippen molar-refractivity contribution in [1.82, 2.24) is 10.2 Å². The fourth-order valence-corrected chi connectivity index (χ4v) is 7.38. The Morgan fingerprint density at radius 2 is 1.87 bits per heavy atom. The van der Waals surface area contributed by atoms with Crippen molar-refractivity contribution in [1.29, 1.82) is 0 Å². The summed E-state index contributed by atoms with van der Waals surface area (Å²) in [6.07, 6.45) is 2.57. The molecule has 238 valence electrons. The van der Waals surface area contributed by atoms with Crippen LogP contribution < -0.4 is 19.1 Å². The lowest BCUT2D eigenvalue weighted by molar-refractivity contribution is -0.132. The highest BCUT2D eigenvalue weighted by Gasteiger charge is 2.48. The highest BCUT2D eigenvalue weighted by molar-refractivity contribution is 8.00. The second kappa shape index (κ2) is 14.0. The van der Waals surface area contributed by atoms with Gasteiger partial charge in [-0.25, -0.2) is 0 Å². The molecule has 0 saturated carbocycles. The van der Waals surface area contributed by atoms with Crippen LogP contribution in [0.25, 0.3) is 5.76 Å². The van der Waals surface area contributed by atoms with Gasteiger partial charge in [0.05, 0.1) is 24.8 Å². The summed E-state index contributed by atoms with van der Waals surface area (Å²) in [6, 6.07) is 19.7. The maximum Gasteiger partial charge on any atom is 0.301 e. The summed E-state index contributed by atoms with van der Waals surface area (Å²) in [5.74, 6) is 0.619. The van der Waals surface area contributed by atoms with E-state index >= 15 is 0 Å². The molecule has 0 radical (unpaired) electrons. The summed E-state index contributed by atoms with van der Waals surface area (Å²) in [5, 5.41) is 20.7. The number of amides is 1. The number of Topliss-reactive ketones (excluding diaryl/α,β-unsaturated/α-hetero) is 1. The van der Waals surface area contributed by atoms with Crippen LogP contribution >= 0.6 is 23.1 Å². The average Bonchev–Trinajstić information content (AvgIpc) is 3.75.